The van der Waals surface area contributed by atoms with Crippen LogP contribution in [0.5, 0.6) is 0 Å². The predicted octanol–water partition coefficient (Wildman–Crippen LogP) is 2.20. The van der Waals surface area contributed by atoms with Gasteiger partial charge >= 0.3 is 0 Å². The molecule has 0 aliphatic heterocycles. The lowest BCUT2D eigenvalue weighted by Crippen LogP contribution is -2.03. The summed E-state index contributed by atoms with van der Waals surface area (Å²) in [4.78, 5) is 0. The van der Waals surface area contributed by atoms with Gasteiger partial charge in [-0.15, -0.1) is 0 Å². The Morgan fingerprint density at radius 3 is 1.88 bits per heavy atom. The second kappa shape index (κ2) is 3.75. The maximum absolute atomic E-state index is 11.8. The van der Waals surface area contributed by atoms with Crippen molar-refractivity contribution in [2.75, 3.05) is 0 Å². The first-order valence-corrected chi connectivity index (χ1v) is 2.38. The SMILES string of the molecule is [CH2]CC(F)CC(F)F. The molecule has 0 saturated heterocycles. The Hall–Kier alpha value is -0.210. The van der Waals surface area contributed by atoms with E-state index in [-0.39, 0.29) is 6.42 Å². The molecule has 0 nitrogen and oxygen atoms in total. The lowest BCUT2D eigenvalue weighted by molar-refractivity contribution is 0.101. The molecule has 1 unspecified atom stereocenters. The van der Waals surface area contributed by atoms with Crippen LogP contribution in [0.4, 0.5) is 13.2 Å². The molecule has 1 atom stereocenters. The first-order valence-electron chi connectivity index (χ1n) is 2.38. The van der Waals surface area contributed by atoms with Gasteiger partial charge in [0.05, 0.1) is 0 Å². The molecule has 0 bridgehead atoms. The fraction of sp³-hybridized carbons (Fsp3) is 0.800. The molecule has 0 aromatic rings. The van der Waals surface area contributed by atoms with Crippen LogP contribution in [0.2, 0.25) is 0 Å². The second-order valence-corrected chi connectivity index (χ2v) is 1.51. The van der Waals surface area contributed by atoms with E-state index in [2.05, 4.69) is 6.92 Å². The Bertz CT molecular complexity index is 53.6. The van der Waals surface area contributed by atoms with E-state index >= 15 is 0 Å². The molecule has 0 aliphatic carbocycles. The highest BCUT2D eigenvalue weighted by molar-refractivity contribution is 4.57. The Balaban J connectivity index is 3.10. The number of alkyl halides is 3. The average Bonchev–Trinajstić information content (AvgIpc) is 1.65. The number of hydrogen-bond donors (Lipinski definition) is 0. The van der Waals surface area contributed by atoms with Crippen LogP contribution in [-0.4, -0.2) is 12.6 Å². The maximum Gasteiger partial charge on any atom is 0.241 e. The van der Waals surface area contributed by atoms with Gasteiger partial charge in [0.15, 0.2) is 0 Å². The Morgan fingerprint density at radius 1 is 1.25 bits per heavy atom. The Morgan fingerprint density at radius 2 is 1.75 bits per heavy atom. The molecule has 0 aromatic carbocycles. The zero-order valence-corrected chi connectivity index (χ0v) is 4.41. The summed E-state index contributed by atoms with van der Waals surface area (Å²) in [6.07, 6.45) is -4.71. The summed E-state index contributed by atoms with van der Waals surface area (Å²) in [5.41, 5.74) is 0. The highest BCUT2D eigenvalue weighted by Gasteiger charge is 2.10. The number of hydrogen-bond acceptors (Lipinski definition) is 0. The maximum atomic E-state index is 11.8. The molecule has 0 rings (SSSR count). The molecule has 0 N–H and O–H groups in total. The highest BCUT2D eigenvalue weighted by atomic mass is 19.3. The lowest BCUT2D eigenvalue weighted by atomic mass is 10.2. The van der Waals surface area contributed by atoms with Crippen LogP contribution in [0.3, 0.4) is 0 Å². The van der Waals surface area contributed by atoms with E-state index in [1.54, 1.807) is 0 Å². The van der Waals surface area contributed by atoms with Gasteiger partial charge in [0.1, 0.15) is 6.17 Å². The van der Waals surface area contributed by atoms with Crippen molar-refractivity contribution in [2.45, 2.75) is 25.4 Å². The molecule has 0 amide bonds. The van der Waals surface area contributed by atoms with E-state index in [1.807, 2.05) is 0 Å². The fourth-order valence-electron chi connectivity index (χ4n) is 0.311. The summed E-state index contributed by atoms with van der Waals surface area (Å²) in [7, 11) is 0. The molecule has 0 heterocycles. The van der Waals surface area contributed by atoms with Crippen molar-refractivity contribution in [2.24, 2.45) is 0 Å². The van der Waals surface area contributed by atoms with Crippen LogP contribution in [0.25, 0.3) is 0 Å². The third-order valence-corrected chi connectivity index (χ3v) is 0.747. The zero-order valence-electron chi connectivity index (χ0n) is 4.41. The van der Waals surface area contributed by atoms with Crippen LogP contribution < -0.4 is 0 Å². The van der Waals surface area contributed by atoms with Gasteiger partial charge in [0, 0.05) is 6.42 Å². The molecular weight excluding hydrogens is 117 g/mol. The minimum atomic E-state index is -2.54. The summed E-state index contributed by atoms with van der Waals surface area (Å²) in [5, 5.41) is 0. The summed E-state index contributed by atoms with van der Waals surface area (Å²) in [6.45, 7) is 3.13. The van der Waals surface area contributed by atoms with Crippen LogP contribution in [0, 0.1) is 6.92 Å². The van der Waals surface area contributed by atoms with Crippen molar-refractivity contribution in [1.29, 1.82) is 0 Å². The Labute approximate surface area is 46.7 Å². The molecule has 0 spiro atoms. The first-order chi connectivity index (χ1) is 3.66. The molecule has 0 aromatic heterocycles. The topological polar surface area (TPSA) is 0 Å². The van der Waals surface area contributed by atoms with Crippen molar-refractivity contribution >= 4 is 0 Å². The highest BCUT2D eigenvalue weighted by Crippen LogP contribution is 2.09. The van der Waals surface area contributed by atoms with E-state index in [9.17, 15) is 13.2 Å². The second-order valence-electron chi connectivity index (χ2n) is 1.51. The molecule has 3 heteroatoms. The zero-order chi connectivity index (χ0) is 6.57. The van der Waals surface area contributed by atoms with Gasteiger partial charge in [-0.2, -0.15) is 0 Å². The van der Waals surface area contributed by atoms with Crippen LogP contribution in [-0.2, 0) is 0 Å². The third kappa shape index (κ3) is 3.96. The quantitative estimate of drug-likeness (QED) is 0.542. The van der Waals surface area contributed by atoms with Gasteiger partial charge in [0.2, 0.25) is 6.43 Å². The van der Waals surface area contributed by atoms with Gasteiger partial charge in [-0.3, -0.25) is 0 Å². The third-order valence-electron chi connectivity index (χ3n) is 0.747. The lowest BCUT2D eigenvalue weighted by Gasteiger charge is -2.00. The van der Waals surface area contributed by atoms with Crippen molar-refractivity contribution in [3.63, 3.8) is 0 Å². The molecule has 8 heavy (non-hydrogen) atoms. The molecular formula is C5H8F3. The van der Waals surface area contributed by atoms with Gasteiger partial charge in [-0.05, 0) is 6.42 Å². The molecule has 49 valence electrons. The normalized spacial score (nSPS) is 14.6. The summed E-state index contributed by atoms with van der Waals surface area (Å²) in [6, 6.07) is 0. The van der Waals surface area contributed by atoms with Gasteiger partial charge < -0.3 is 0 Å². The largest absolute Gasteiger partial charge is 0.247 e. The average molecular weight is 125 g/mol. The van der Waals surface area contributed by atoms with Crippen LogP contribution in [0.1, 0.15) is 12.8 Å². The smallest absolute Gasteiger partial charge is 0.241 e. The summed E-state index contributed by atoms with van der Waals surface area (Å²) < 4.78 is 34.2. The van der Waals surface area contributed by atoms with Crippen molar-refractivity contribution < 1.29 is 13.2 Å². The van der Waals surface area contributed by atoms with E-state index in [0.29, 0.717) is 0 Å². The van der Waals surface area contributed by atoms with E-state index in [4.69, 9.17) is 0 Å². The van der Waals surface area contributed by atoms with Gasteiger partial charge in [-0.1, -0.05) is 6.92 Å². The van der Waals surface area contributed by atoms with Gasteiger partial charge in [-0.25, -0.2) is 13.2 Å². The van der Waals surface area contributed by atoms with E-state index < -0.39 is 19.0 Å². The molecule has 0 saturated carbocycles. The monoisotopic (exact) mass is 125 g/mol. The predicted molar refractivity (Wildman–Crippen MR) is 25.5 cm³/mol. The minimum Gasteiger partial charge on any atom is -0.247 e. The van der Waals surface area contributed by atoms with Gasteiger partial charge in [0.25, 0.3) is 0 Å². The summed E-state index contributed by atoms with van der Waals surface area (Å²) in [5.74, 6) is 0. The van der Waals surface area contributed by atoms with Crippen molar-refractivity contribution in [3.8, 4) is 0 Å². The fourth-order valence-corrected chi connectivity index (χ4v) is 0.311. The minimum absolute atomic E-state index is 0.0651. The standard InChI is InChI=1S/C5H8F3/c1-2-4(6)3-5(7)8/h4-5H,1-3H2. The van der Waals surface area contributed by atoms with Crippen LogP contribution in [0.15, 0.2) is 0 Å². The molecule has 1 radical (unpaired) electrons. The molecule has 0 fully saturated rings. The Kier molecular flexibility index (Phi) is 3.65. The van der Waals surface area contributed by atoms with E-state index in [0.717, 1.165) is 0 Å². The summed E-state index contributed by atoms with van der Waals surface area (Å²) >= 11 is 0. The number of rotatable bonds is 3. The number of halogens is 3. The first kappa shape index (κ1) is 7.79. The van der Waals surface area contributed by atoms with Crippen molar-refractivity contribution in [3.05, 3.63) is 6.92 Å². The van der Waals surface area contributed by atoms with Crippen molar-refractivity contribution in [1.82, 2.24) is 0 Å². The molecule has 0 aliphatic rings. The van der Waals surface area contributed by atoms with E-state index in [1.165, 1.54) is 0 Å². The van der Waals surface area contributed by atoms with Crippen LogP contribution >= 0.6 is 0 Å².